The summed E-state index contributed by atoms with van der Waals surface area (Å²) in [7, 11) is 0. The molecule has 1 atom stereocenters. The van der Waals surface area contributed by atoms with Crippen LogP contribution in [-0.2, 0) is 16.1 Å². The van der Waals surface area contributed by atoms with Crippen LogP contribution in [0.1, 0.15) is 58.1 Å². The molecule has 33 heavy (non-hydrogen) atoms. The molecule has 2 aromatic carbocycles. The van der Waals surface area contributed by atoms with E-state index in [0.717, 1.165) is 15.6 Å². The zero-order valence-corrected chi connectivity index (χ0v) is 22.7. The van der Waals surface area contributed by atoms with Gasteiger partial charge in [0.15, 0.2) is 6.61 Å². The first-order chi connectivity index (χ1) is 15.5. The van der Waals surface area contributed by atoms with Crippen LogP contribution < -0.4 is 10.1 Å². The zero-order valence-electron chi connectivity index (χ0n) is 19.6. The highest BCUT2D eigenvalue weighted by Crippen LogP contribution is 2.29. The molecule has 5 nitrogen and oxygen atoms in total. The molecule has 0 saturated carbocycles. The minimum absolute atomic E-state index is 0.0415. The summed E-state index contributed by atoms with van der Waals surface area (Å²) in [6.07, 6.45) is 0.457. The lowest BCUT2D eigenvalue weighted by Crippen LogP contribution is -2.51. The van der Waals surface area contributed by atoms with Crippen LogP contribution in [0, 0.1) is 0 Å². The van der Waals surface area contributed by atoms with E-state index in [0.29, 0.717) is 28.1 Å². The lowest BCUT2D eigenvalue weighted by Gasteiger charge is -2.31. The van der Waals surface area contributed by atoms with Crippen molar-refractivity contribution < 1.29 is 14.3 Å². The van der Waals surface area contributed by atoms with Crippen LogP contribution in [0.25, 0.3) is 0 Å². The average molecular weight is 558 g/mol. The number of hydrogen-bond donors (Lipinski definition) is 1. The number of nitrogens with zero attached hydrogens (tertiary/aromatic N) is 1. The Hall–Kier alpha value is -1.76. The summed E-state index contributed by atoms with van der Waals surface area (Å²) in [6.45, 7) is 9.87. The normalized spacial score (nSPS) is 12.1. The van der Waals surface area contributed by atoms with E-state index < -0.39 is 6.04 Å². The van der Waals surface area contributed by atoms with Gasteiger partial charge in [-0.1, -0.05) is 56.1 Å². The third-order valence-electron chi connectivity index (χ3n) is 5.13. The summed E-state index contributed by atoms with van der Waals surface area (Å²) in [6, 6.07) is 10.3. The Bertz CT molecular complexity index is 982. The van der Waals surface area contributed by atoms with Crippen LogP contribution in [-0.4, -0.2) is 35.4 Å². The third-order valence-corrected chi connectivity index (χ3v) is 6.49. The van der Waals surface area contributed by atoms with Gasteiger partial charge in [0.05, 0.1) is 14.5 Å². The molecule has 0 fully saturated rings. The van der Waals surface area contributed by atoms with Crippen LogP contribution in [0.2, 0.25) is 10.0 Å². The molecular weight excluding hydrogens is 527 g/mol. The van der Waals surface area contributed by atoms with Gasteiger partial charge in [0.25, 0.3) is 5.91 Å². The predicted molar refractivity (Wildman–Crippen MR) is 138 cm³/mol. The monoisotopic (exact) mass is 556 g/mol. The molecule has 0 spiro atoms. The Morgan fingerprint density at radius 3 is 2.30 bits per heavy atom. The summed E-state index contributed by atoms with van der Waals surface area (Å²) >= 11 is 15.7. The smallest absolute Gasteiger partial charge is 0.261 e. The number of hydrogen-bond acceptors (Lipinski definition) is 3. The van der Waals surface area contributed by atoms with Crippen molar-refractivity contribution in [3.8, 4) is 5.75 Å². The van der Waals surface area contributed by atoms with Crippen molar-refractivity contribution in [2.45, 2.75) is 65.6 Å². The van der Waals surface area contributed by atoms with Crippen molar-refractivity contribution in [3.63, 3.8) is 0 Å². The second-order valence-corrected chi connectivity index (χ2v) is 10.2. The molecule has 2 aromatic rings. The van der Waals surface area contributed by atoms with E-state index >= 15 is 0 Å². The molecular formula is C25H31BrCl2N2O3. The topological polar surface area (TPSA) is 58.6 Å². The van der Waals surface area contributed by atoms with Gasteiger partial charge in [-0.3, -0.25) is 9.59 Å². The average Bonchev–Trinajstić information content (AvgIpc) is 2.74. The molecule has 0 aliphatic carbocycles. The van der Waals surface area contributed by atoms with Crippen molar-refractivity contribution in [1.82, 2.24) is 10.2 Å². The highest BCUT2D eigenvalue weighted by Gasteiger charge is 2.29. The summed E-state index contributed by atoms with van der Waals surface area (Å²) in [5.74, 6) is 0.445. The number of rotatable bonds is 10. The number of nitrogens with one attached hydrogen (secondary N) is 1. The van der Waals surface area contributed by atoms with Gasteiger partial charge in [-0.25, -0.2) is 0 Å². The molecule has 1 unspecified atom stereocenters. The molecule has 0 aliphatic heterocycles. The summed E-state index contributed by atoms with van der Waals surface area (Å²) in [4.78, 5) is 27.7. The van der Waals surface area contributed by atoms with Crippen molar-refractivity contribution in [2.75, 3.05) is 6.61 Å². The fourth-order valence-electron chi connectivity index (χ4n) is 3.35. The molecule has 0 heterocycles. The Kier molecular flexibility index (Phi) is 10.5. The lowest BCUT2D eigenvalue weighted by atomic mass is 10.0. The Labute approximate surface area is 214 Å². The molecule has 0 aliphatic rings. The highest BCUT2D eigenvalue weighted by molar-refractivity contribution is 9.10. The first kappa shape index (κ1) is 27.5. The largest absolute Gasteiger partial charge is 0.483 e. The van der Waals surface area contributed by atoms with Gasteiger partial charge in [0.2, 0.25) is 5.91 Å². The first-order valence-electron chi connectivity index (χ1n) is 11.0. The highest BCUT2D eigenvalue weighted by atomic mass is 79.9. The molecule has 0 saturated heterocycles. The fourth-order valence-corrected chi connectivity index (χ4v) is 4.18. The molecule has 8 heteroatoms. The van der Waals surface area contributed by atoms with E-state index in [9.17, 15) is 9.59 Å². The van der Waals surface area contributed by atoms with Crippen molar-refractivity contribution >= 4 is 50.9 Å². The van der Waals surface area contributed by atoms with Crippen LogP contribution in [0.4, 0.5) is 0 Å². The number of ether oxygens (including phenoxy) is 1. The van der Waals surface area contributed by atoms with E-state index in [1.54, 1.807) is 18.2 Å². The SMILES string of the molecule is CCC(C(=O)NC(C)C)N(Cc1ccc(Cl)c(Cl)c1)C(=O)COc1ccc(C(C)C)cc1Br. The van der Waals surface area contributed by atoms with Gasteiger partial charge in [0, 0.05) is 12.6 Å². The third kappa shape index (κ3) is 7.90. The predicted octanol–water partition coefficient (Wildman–Crippen LogP) is 6.59. The van der Waals surface area contributed by atoms with E-state index in [2.05, 4.69) is 35.1 Å². The standard InChI is InChI=1S/C25H31BrCl2N2O3/c1-6-22(25(32)29-16(4)5)30(13-17-7-9-20(27)21(28)11-17)24(31)14-33-23-10-8-18(15(2)3)12-19(23)26/h7-12,15-16,22H,6,13-14H2,1-5H3,(H,29,32). The van der Waals surface area contributed by atoms with E-state index in [4.69, 9.17) is 27.9 Å². The van der Waals surface area contributed by atoms with Gasteiger partial charge >= 0.3 is 0 Å². The van der Waals surface area contributed by atoms with Crippen LogP contribution in [0.15, 0.2) is 40.9 Å². The molecule has 2 amide bonds. The Balaban J connectivity index is 2.26. The lowest BCUT2D eigenvalue weighted by molar-refractivity contribution is -0.143. The van der Waals surface area contributed by atoms with Crippen LogP contribution in [0.3, 0.4) is 0 Å². The number of benzene rings is 2. The molecule has 2 rings (SSSR count). The summed E-state index contributed by atoms with van der Waals surface area (Å²) < 4.78 is 6.61. The fraction of sp³-hybridized carbons (Fsp3) is 0.440. The number of halogens is 3. The molecule has 1 N–H and O–H groups in total. The summed E-state index contributed by atoms with van der Waals surface area (Å²) in [5.41, 5.74) is 1.94. The quantitative estimate of drug-likeness (QED) is 0.358. The second kappa shape index (κ2) is 12.6. The maximum atomic E-state index is 13.3. The van der Waals surface area contributed by atoms with Gasteiger partial charge < -0.3 is 15.0 Å². The van der Waals surface area contributed by atoms with Crippen molar-refractivity contribution in [1.29, 1.82) is 0 Å². The number of carbonyl (C=O) groups is 2. The van der Waals surface area contributed by atoms with E-state index in [1.165, 1.54) is 4.90 Å². The number of carbonyl (C=O) groups excluding carboxylic acids is 2. The van der Waals surface area contributed by atoms with Gasteiger partial charge in [-0.15, -0.1) is 0 Å². The summed E-state index contributed by atoms with van der Waals surface area (Å²) in [5, 5.41) is 3.73. The second-order valence-electron chi connectivity index (χ2n) is 8.49. The Morgan fingerprint density at radius 1 is 1.06 bits per heavy atom. The number of amides is 2. The maximum absolute atomic E-state index is 13.3. The van der Waals surface area contributed by atoms with Gasteiger partial charge in [0.1, 0.15) is 11.8 Å². The van der Waals surface area contributed by atoms with Crippen LogP contribution in [0.5, 0.6) is 5.75 Å². The zero-order chi connectivity index (χ0) is 24.7. The molecule has 0 aromatic heterocycles. The van der Waals surface area contributed by atoms with Gasteiger partial charge in [-0.2, -0.15) is 0 Å². The van der Waals surface area contributed by atoms with Gasteiger partial charge in [-0.05, 0) is 77.5 Å². The minimum Gasteiger partial charge on any atom is -0.483 e. The first-order valence-corrected chi connectivity index (χ1v) is 12.5. The maximum Gasteiger partial charge on any atom is 0.261 e. The molecule has 0 radical (unpaired) electrons. The van der Waals surface area contributed by atoms with Crippen molar-refractivity contribution in [2.24, 2.45) is 0 Å². The minimum atomic E-state index is -0.648. The van der Waals surface area contributed by atoms with E-state index in [1.807, 2.05) is 39.0 Å². The van der Waals surface area contributed by atoms with E-state index in [-0.39, 0.29) is 31.0 Å². The van der Waals surface area contributed by atoms with Crippen molar-refractivity contribution in [3.05, 3.63) is 62.0 Å². The molecule has 0 bridgehead atoms. The van der Waals surface area contributed by atoms with Crippen LogP contribution >= 0.6 is 39.1 Å². The molecule has 180 valence electrons. The Morgan fingerprint density at radius 2 is 1.76 bits per heavy atom.